The molecular weight excluding hydrogens is 396 g/mol. The number of para-hydroxylation sites is 1. The number of thiazole rings is 1. The van der Waals surface area contributed by atoms with E-state index in [1.54, 1.807) is 11.8 Å². The van der Waals surface area contributed by atoms with Crippen molar-refractivity contribution in [2.45, 2.75) is 20.4 Å². The van der Waals surface area contributed by atoms with E-state index >= 15 is 0 Å². The second-order valence-electron chi connectivity index (χ2n) is 6.90. The van der Waals surface area contributed by atoms with Gasteiger partial charge in [-0.15, -0.1) is 11.3 Å². The summed E-state index contributed by atoms with van der Waals surface area (Å²) in [5.74, 6) is 0.823. The standard InChI is InChI=1S/C23H24N4O2S/c1-5-26-20(17-11-13-19(29-4)14-12-17)15-30-23(26)24-21-16(2)25(3)27(22(21)28)18-9-7-6-8-10-18/h6-15H,5H2,1-4H3. The van der Waals surface area contributed by atoms with Crippen LogP contribution < -0.4 is 15.1 Å². The molecule has 4 aromatic rings. The van der Waals surface area contributed by atoms with Gasteiger partial charge >= 0.3 is 0 Å². The Morgan fingerprint density at radius 2 is 1.77 bits per heavy atom. The van der Waals surface area contributed by atoms with Crippen molar-refractivity contribution in [2.75, 3.05) is 7.11 Å². The fourth-order valence-corrected chi connectivity index (χ4v) is 4.47. The Morgan fingerprint density at radius 1 is 1.07 bits per heavy atom. The number of aromatic nitrogens is 3. The van der Waals surface area contributed by atoms with Gasteiger partial charge in [0, 0.05) is 19.0 Å². The highest BCUT2D eigenvalue weighted by Crippen LogP contribution is 2.24. The minimum absolute atomic E-state index is 0.122. The molecule has 0 atom stereocenters. The van der Waals surface area contributed by atoms with E-state index in [2.05, 4.69) is 16.9 Å². The van der Waals surface area contributed by atoms with Gasteiger partial charge in [0.15, 0.2) is 10.5 Å². The van der Waals surface area contributed by atoms with Crippen molar-refractivity contribution >= 4 is 17.0 Å². The van der Waals surface area contributed by atoms with Crippen molar-refractivity contribution in [3.8, 4) is 22.7 Å². The lowest BCUT2D eigenvalue weighted by Crippen LogP contribution is -2.20. The first-order valence-electron chi connectivity index (χ1n) is 9.76. The number of methoxy groups -OCH3 is 1. The topological polar surface area (TPSA) is 53.4 Å². The highest BCUT2D eigenvalue weighted by Gasteiger charge is 2.16. The number of benzene rings is 2. The van der Waals surface area contributed by atoms with Gasteiger partial charge in [0.25, 0.3) is 5.56 Å². The molecule has 0 saturated heterocycles. The molecule has 0 spiro atoms. The highest BCUT2D eigenvalue weighted by molar-refractivity contribution is 7.07. The molecule has 6 nitrogen and oxygen atoms in total. The minimum Gasteiger partial charge on any atom is -0.497 e. The Hall–Kier alpha value is -3.32. The summed E-state index contributed by atoms with van der Waals surface area (Å²) in [6, 6.07) is 17.6. The number of hydrogen-bond acceptors (Lipinski definition) is 4. The van der Waals surface area contributed by atoms with Crippen LogP contribution in [0.4, 0.5) is 5.69 Å². The van der Waals surface area contributed by atoms with Gasteiger partial charge in [-0.2, -0.15) is 0 Å². The van der Waals surface area contributed by atoms with Crippen LogP contribution >= 0.6 is 11.3 Å². The third kappa shape index (κ3) is 3.41. The molecule has 2 aromatic carbocycles. The number of nitrogens with zero attached hydrogens (tertiary/aromatic N) is 4. The summed E-state index contributed by atoms with van der Waals surface area (Å²) in [6.07, 6.45) is 0. The molecule has 0 aliphatic rings. The van der Waals surface area contributed by atoms with Gasteiger partial charge in [-0.3, -0.25) is 9.48 Å². The zero-order valence-corrected chi connectivity index (χ0v) is 18.3. The molecule has 30 heavy (non-hydrogen) atoms. The maximum atomic E-state index is 13.2. The second-order valence-corrected chi connectivity index (χ2v) is 7.73. The Kier molecular flexibility index (Phi) is 5.46. The normalized spacial score (nSPS) is 11.8. The molecule has 0 N–H and O–H groups in total. The van der Waals surface area contributed by atoms with E-state index in [0.717, 1.165) is 39.7 Å². The predicted molar refractivity (Wildman–Crippen MR) is 121 cm³/mol. The van der Waals surface area contributed by atoms with Crippen molar-refractivity contribution < 1.29 is 4.74 Å². The Labute approximate surface area is 178 Å². The molecule has 0 saturated carbocycles. The average molecular weight is 421 g/mol. The molecule has 2 heterocycles. The summed E-state index contributed by atoms with van der Waals surface area (Å²) in [4.78, 5) is 18.8. The van der Waals surface area contributed by atoms with Crippen LogP contribution in [0, 0.1) is 6.92 Å². The van der Waals surface area contributed by atoms with Crippen LogP contribution in [0.2, 0.25) is 0 Å². The maximum Gasteiger partial charge on any atom is 0.297 e. The lowest BCUT2D eigenvalue weighted by molar-refractivity contribution is 0.415. The van der Waals surface area contributed by atoms with E-state index in [1.807, 2.05) is 73.3 Å². The first kappa shape index (κ1) is 20.0. The first-order chi connectivity index (χ1) is 14.5. The van der Waals surface area contributed by atoms with E-state index in [0.29, 0.717) is 5.69 Å². The Bertz CT molecular complexity index is 1290. The fraction of sp³-hybridized carbons (Fsp3) is 0.217. The maximum absolute atomic E-state index is 13.2. The summed E-state index contributed by atoms with van der Waals surface area (Å²) in [7, 11) is 3.54. The number of hydrogen-bond donors (Lipinski definition) is 0. The van der Waals surface area contributed by atoms with Gasteiger partial charge in [0.2, 0.25) is 0 Å². The Morgan fingerprint density at radius 3 is 2.40 bits per heavy atom. The van der Waals surface area contributed by atoms with E-state index in [4.69, 9.17) is 9.73 Å². The van der Waals surface area contributed by atoms with Crippen molar-refractivity contribution in [3.63, 3.8) is 0 Å². The van der Waals surface area contributed by atoms with Crippen LogP contribution in [0.15, 0.2) is 69.8 Å². The smallest absolute Gasteiger partial charge is 0.297 e. The van der Waals surface area contributed by atoms with Crippen molar-refractivity contribution in [1.82, 2.24) is 13.9 Å². The molecule has 0 aliphatic carbocycles. The highest BCUT2D eigenvalue weighted by atomic mass is 32.1. The lowest BCUT2D eigenvalue weighted by Gasteiger charge is -2.07. The summed E-state index contributed by atoms with van der Waals surface area (Å²) in [5.41, 5.74) is 4.14. The zero-order valence-electron chi connectivity index (χ0n) is 17.5. The van der Waals surface area contributed by atoms with E-state index in [9.17, 15) is 4.79 Å². The summed E-state index contributed by atoms with van der Waals surface area (Å²) in [5, 5.41) is 2.08. The molecule has 7 heteroatoms. The van der Waals surface area contributed by atoms with Crippen LogP contribution in [0.25, 0.3) is 16.9 Å². The molecule has 0 aliphatic heterocycles. The van der Waals surface area contributed by atoms with Gasteiger partial charge < -0.3 is 9.30 Å². The summed E-state index contributed by atoms with van der Waals surface area (Å²) in [6.45, 7) is 4.76. The summed E-state index contributed by atoms with van der Waals surface area (Å²) >= 11 is 1.54. The van der Waals surface area contributed by atoms with Crippen LogP contribution in [0.3, 0.4) is 0 Å². The molecule has 4 rings (SSSR count). The van der Waals surface area contributed by atoms with Crippen molar-refractivity contribution in [2.24, 2.45) is 12.0 Å². The molecule has 0 fully saturated rings. The molecule has 0 unspecified atom stereocenters. The SMILES string of the molecule is CCn1c(-c2ccc(OC)cc2)csc1=Nc1c(C)n(C)n(-c2ccccc2)c1=O. The molecule has 0 bridgehead atoms. The zero-order chi connectivity index (χ0) is 21.3. The minimum atomic E-state index is -0.122. The van der Waals surface area contributed by atoms with E-state index in [1.165, 1.54) is 11.3 Å². The fourth-order valence-electron chi connectivity index (χ4n) is 3.50. The second kappa shape index (κ2) is 8.20. The van der Waals surface area contributed by atoms with Gasteiger partial charge in [-0.05, 0) is 55.8 Å². The predicted octanol–water partition coefficient (Wildman–Crippen LogP) is 4.28. The third-order valence-electron chi connectivity index (χ3n) is 5.23. The van der Waals surface area contributed by atoms with Crippen LogP contribution in [-0.4, -0.2) is 21.0 Å². The molecular formula is C23H24N4O2S. The van der Waals surface area contributed by atoms with E-state index in [-0.39, 0.29) is 5.56 Å². The van der Waals surface area contributed by atoms with Gasteiger partial charge in [-0.25, -0.2) is 9.67 Å². The largest absolute Gasteiger partial charge is 0.497 e. The van der Waals surface area contributed by atoms with Crippen LogP contribution in [-0.2, 0) is 13.6 Å². The monoisotopic (exact) mass is 420 g/mol. The van der Waals surface area contributed by atoms with Crippen molar-refractivity contribution in [1.29, 1.82) is 0 Å². The molecule has 2 aromatic heterocycles. The van der Waals surface area contributed by atoms with Crippen molar-refractivity contribution in [3.05, 3.63) is 80.8 Å². The summed E-state index contributed by atoms with van der Waals surface area (Å²) < 4.78 is 10.9. The van der Waals surface area contributed by atoms with Crippen LogP contribution in [0.1, 0.15) is 12.6 Å². The molecule has 154 valence electrons. The Balaban J connectivity index is 1.85. The quantitative estimate of drug-likeness (QED) is 0.484. The van der Waals surface area contributed by atoms with Gasteiger partial charge in [0.05, 0.1) is 24.2 Å². The third-order valence-corrected chi connectivity index (χ3v) is 6.09. The van der Waals surface area contributed by atoms with Crippen LogP contribution in [0.5, 0.6) is 5.75 Å². The van der Waals surface area contributed by atoms with Gasteiger partial charge in [-0.1, -0.05) is 18.2 Å². The van der Waals surface area contributed by atoms with Gasteiger partial charge in [0.1, 0.15) is 5.75 Å². The lowest BCUT2D eigenvalue weighted by atomic mass is 10.1. The van der Waals surface area contributed by atoms with E-state index < -0.39 is 0 Å². The number of ether oxygens (including phenoxy) is 1. The molecule has 0 radical (unpaired) electrons. The first-order valence-corrected chi connectivity index (χ1v) is 10.6. The number of rotatable bonds is 5. The molecule has 0 amide bonds. The average Bonchev–Trinajstić information content (AvgIpc) is 3.28.